The van der Waals surface area contributed by atoms with E-state index < -0.39 is 52.7 Å². The van der Waals surface area contributed by atoms with E-state index in [1.165, 1.54) is 6.08 Å². The molecule has 0 aliphatic heterocycles. The summed E-state index contributed by atoms with van der Waals surface area (Å²) < 4.78 is 57.9. The zero-order valence-corrected chi connectivity index (χ0v) is 12.4. The van der Waals surface area contributed by atoms with Gasteiger partial charge in [0.1, 0.15) is 6.61 Å². The molecule has 0 heterocycles. The number of ether oxygens (including phenoxy) is 1. The van der Waals surface area contributed by atoms with Crippen molar-refractivity contribution in [3.05, 3.63) is 47.1 Å². The molecule has 3 nitrogen and oxygen atoms in total. The van der Waals surface area contributed by atoms with Crippen molar-refractivity contribution in [1.29, 1.82) is 5.26 Å². The minimum Gasteiger partial charge on any atom is -0.460 e. The zero-order valence-electron chi connectivity index (χ0n) is 12.4. The lowest BCUT2D eigenvalue weighted by Gasteiger charge is -2.09. The molecule has 0 spiro atoms. The Kier molecular flexibility index (Phi) is 4.46. The molecule has 0 radical (unpaired) electrons. The standard InChI is InChI=1S/C16H13F4NO2/c1-16(2)9(4-3-5-21)12(16)15(22)23-7-8-13(19)10(17)6-11(18)14(8)20/h3-4,6,9,12H,7H2,1-2H3/b4-3-/t9-,12-/m0/s1. The predicted octanol–water partition coefficient (Wildman–Crippen LogP) is 3.64. The van der Waals surface area contributed by atoms with Gasteiger partial charge >= 0.3 is 5.97 Å². The van der Waals surface area contributed by atoms with Gasteiger partial charge in [-0.15, -0.1) is 0 Å². The van der Waals surface area contributed by atoms with Crippen molar-refractivity contribution in [2.24, 2.45) is 17.3 Å². The van der Waals surface area contributed by atoms with Crippen molar-refractivity contribution in [3.63, 3.8) is 0 Å². The molecule has 1 aromatic carbocycles. The second-order valence-corrected chi connectivity index (χ2v) is 5.87. The number of nitrogens with zero attached hydrogens (tertiary/aromatic N) is 1. The summed E-state index contributed by atoms with van der Waals surface area (Å²) in [5.41, 5.74) is -1.44. The van der Waals surface area contributed by atoms with Gasteiger partial charge in [-0.3, -0.25) is 4.79 Å². The molecule has 1 saturated carbocycles. The van der Waals surface area contributed by atoms with Gasteiger partial charge in [-0.2, -0.15) is 5.26 Å². The maximum atomic E-state index is 13.5. The molecule has 1 aromatic rings. The summed E-state index contributed by atoms with van der Waals surface area (Å²) >= 11 is 0. The third-order valence-electron chi connectivity index (χ3n) is 4.10. The topological polar surface area (TPSA) is 50.1 Å². The van der Waals surface area contributed by atoms with E-state index in [1.807, 2.05) is 0 Å². The van der Waals surface area contributed by atoms with Gasteiger partial charge in [0.15, 0.2) is 23.3 Å². The predicted molar refractivity (Wildman–Crippen MR) is 71.6 cm³/mol. The summed E-state index contributed by atoms with van der Waals surface area (Å²) in [6, 6.07) is 1.89. The SMILES string of the molecule is CC1(C)[C@H](C(=O)OCc2c(F)c(F)cc(F)c2F)[C@@H]1/C=C\C#N. The molecule has 0 amide bonds. The number of nitriles is 1. The number of halogens is 4. The number of carbonyl (C=O) groups is 1. The average molecular weight is 327 g/mol. The summed E-state index contributed by atoms with van der Waals surface area (Å²) in [7, 11) is 0. The third kappa shape index (κ3) is 3.07. The molecule has 7 heteroatoms. The molecule has 1 aliphatic rings. The second-order valence-electron chi connectivity index (χ2n) is 5.87. The molecular weight excluding hydrogens is 314 g/mol. The molecule has 23 heavy (non-hydrogen) atoms. The number of hydrogen-bond acceptors (Lipinski definition) is 3. The molecule has 2 atom stereocenters. The molecule has 0 saturated heterocycles. The van der Waals surface area contributed by atoms with Gasteiger partial charge in [0, 0.05) is 12.1 Å². The maximum absolute atomic E-state index is 13.5. The van der Waals surface area contributed by atoms with Crippen LogP contribution in [0, 0.1) is 51.9 Å². The van der Waals surface area contributed by atoms with Gasteiger partial charge in [-0.25, -0.2) is 17.6 Å². The Morgan fingerprint density at radius 1 is 1.30 bits per heavy atom. The normalized spacial score (nSPS) is 22.0. The van der Waals surface area contributed by atoms with Crippen molar-refractivity contribution >= 4 is 5.97 Å². The smallest absolute Gasteiger partial charge is 0.310 e. The van der Waals surface area contributed by atoms with Gasteiger partial charge < -0.3 is 4.74 Å². The van der Waals surface area contributed by atoms with E-state index in [-0.39, 0.29) is 12.0 Å². The highest BCUT2D eigenvalue weighted by atomic mass is 19.2. The van der Waals surface area contributed by atoms with Crippen LogP contribution in [0.4, 0.5) is 17.6 Å². The molecular formula is C16H13F4NO2. The Labute approximate surface area is 130 Å². The molecule has 0 aromatic heterocycles. The maximum Gasteiger partial charge on any atom is 0.310 e. The zero-order chi connectivity index (χ0) is 17.4. The number of allylic oxidation sites excluding steroid dienone is 2. The summed E-state index contributed by atoms with van der Waals surface area (Å²) in [5, 5.41) is 8.50. The lowest BCUT2D eigenvalue weighted by Crippen LogP contribution is -2.13. The van der Waals surface area contributed by atoms with E-state index in [1.54, 1.807) is 26.0 Å². The Bertz CT molecular complexity index is 696. The highest BCUT2D eigenvalue weighted by molar-refractivity contribution is 5.78. The van der Waals surface area contributed by atoms with E-state index in [9.17, 15) is 22.4 Å². The molecule has 2 rings (SSSR count). The van der Waals surface area contributed by atoms with E-state index in [2.05, 4.69) is 0 Å². The van der Waals surface area contributed by atoms with Crippen molar-refractivity contribution in [3.8, 4) is 6.07 Å². The molecule has 0 N–H and O–H groups in total. The number of rotatable bonds is 4. The fraction of sp³-hybridized carbons (Fsp3) is 0.375. The first-order chi connectivity index (χ1) is 10.7. The summed E-state index contributed by atoms with van der Waals surface area (Å²) in [6.45, 7) is 2.63. The molecule has 0 unspecified atom stereocenters. The lowest BCUT2D eigenvalue weighted by molar-refractivity contribution is -0.147. The Balaban J connectivity index is 2.10. The number of esters is 1. The van der Waals surface area contributed by atoms with Crippen LogP contribution in [-0.2, 0) is 16.1 Å². The largest absolute Gasteiger partial charge is 0.460 e. The Hall–Kier alpha value is -2.36. The van der Waals surface area contributed by atoms with E-state index in [0.29, 0.717) is 0 Å². The van der Waals surface area contributed by atoms with Crippen molar-refractivity contribution in [1.82, 2.24) is 0 Å². The van der Waals surface area contributed by atoms with Crippen LogP contribution in [0.3, 0.4) is 0 Å². The molecule has 0 bridgehead atoms. The van der Waals surface area contributed by atoms with Crippen molar-refractivity contribution in [2.45, 2.75) is 20.5 Å². The van der Waals surface area contributed by atoms with Crippen LogP contribution < -0.4 is 0 Å². The summed E-state index contributed by atoms with van der Waals surface area (Å²) in [5.74, 6) is -7.87. The summed E-state index contributed by atoms with van der Waals surface area (Å²) in [6.07, 6.45) is 2.79. The van der Waals surface area contributed by atoms with Crippen LogP contribution in [0.1, 0.15) is 19.4 Å². The fourth-order valence-electron chi connectivity index (χ4n) is 2.62. The van der Waals surface area contributed by atoms with Crippen LogP contribution in [0.15, 0.2) is 18.2 Å². The van der Waals surface area contributed by atoms with Gasteiger partial charge in [0.2, 0.25) is 0 Å². The Morgan fingerprint density at radius 2 is 1.87 bits per heavy atom. The minimum atomic E-state index is -1.59. The first-order valence-electron chi connectivity index (χ1n) is 6.76. The first kappa shape index (κ1) is 17.0. The monoisotopic (exact) mass is 327 g/mol. The lowest BCUT2D eigenvalue weighted by atomic mass is 10.1. The fourth-order valence-corrected chi connectivity index (χ4v) is 2.62. The van der Waals surface area contributed by atoms with Gasteiger partial charge in [0.25, 0.3) is 0 Å². The Morgan fingerprint density at radius 3 is 2.39 bits per heavy atom. The highest BCUT2D eigenvalue weighted by Crippen LogP contribution is 2.59. The summed E-state index contributed by atoms with van der Waals surface area (Å²) in [4.78, 5) is 12.0. The highest BCUT2D eigenvalue weighted by Gasteiger charge is 2.61. The molecule has 1 fully saturated rings. The van der Waals surface area contributed by atoms with Gasteiger partial charge in [-0.05, 0) is 11.3 Å². The number of hydrogen-bond donors (Lipinski definition) is 0. The van der Waals surface area contributed by atoms with Crippen LogP contribution in [-0.4, -0.2) is 5.97 Å². The van der Waals surface area contributed by atoms with E-state index in [4.69, 9.17) is 10.00 Å². The average Bonchev–Trinajstić information content (AvgIpc) is 3.04. The van der Waals surface area contributed by atoms with E-state index >= 15 is 0 Å². The number of carbonyl (C=O) groups excluding carboxylic acids is 1. The molecule has 1 aliphatic carbocycles. The van der Waals surface area contributed by atoms with Crippen LogP contribution in [0.5, 0.6) is 0 Å². The van der Waals surface area contributed by atoms with Gasteiger partial charge in [0.05, 0.1) is 17.6 Å². The molecule has 122 valence electrons. The van der Waals surface area contributed by atoms with Gasteiger partial charge in [-0.1, -0.05) is 19.9 Å². The van der Waals surface area contributed by atoms with E-state index in [0.717, 1.165) is 0 Å². The second kappa shape index (κ2) is 6.03. The quantitative estimate of drug-likeness (QED) is 0.367. The van der Waals surface area contributed by atoms with Crippen molar-refractivity contribution < 1.29 is 27.1 Å². The first-order valence-corrected chi connectivity index (χ1v) is 6.76. The van der Waals surface area contributed by atoms with Crippen molar-refractivity contribution in [2.75, 3.05) is 0 Å². The van der Waals surface area contributed by atoms with Crippen LogP contribution in [0.25, 0.3) is 0 Å². The van der Waals surface area contributed by atoms with Crippen LogP contribution >= 0.6 is 0 Å². The third-order valence-corrected chi connectivity index (χ3v) is 4.10. The van der Waals surface area contributed by atoms with Crippen LogP contribution in [0.2, 0.25) is 0 Å². The minimum absolute atomic E-state index is 0.0860. The number of benzene rings is 1.